The van der Waals surface area contributed by atoms with Crippen molar-refractivity contribution in [1.29, 1.82) is 0 Å². The summed E-state index contributed by atoms with van der Waals surface area (Å²) in [5, 5.41) is 9.48. The van der Waals surface area contributed by atoms with E-state index in [0.717, 1.165) is 11.1 Å². The summed E-state index contributed by atoms with van der Waals surface area (Å²) in [5.74, 6) is -0.515. The lowest BCUT2D eigenvalue weighted by atomic mass is 10.1. The van der Waals surface area contributed by atoms with Gasteiger partial charge in [0, 0.05) is 10.6 Å². The standard InChI is InChI=1S/C15H10ClNO3/c1-8-6-11(16)7-12-13(8)20-14(17-12)9-2-4-10(5-3-9)15(18)19/h2-7H,1H3,(H,18,19). The number of hydrogen-bond donors (Lipinski definition) is 1. The molecule has 5 heteroatoms. The lowest BCUT2D eigenvalue weighted by Gasteiger charge is -1.96. The molecule has 1 heterocycles. The van der Waals surface area contributed by atoms with Crippen LogP contribution in [0.5, 0.6) is 0 Å². The molecule has 3 rings (SSSR count). The van der Waals surface area contributed by atoms with Crippen molar-refractivity contribution in [2.45, 2.75) is 6.92 Å². The molecule has 0 bridgehead atoms. The highest BCUT2D eigenvalue weighted by atomic mass is 35.5. The maximum absolute atomic E-state index is 10.8. The van der Waals surface area contributed by atoms with Crippen LogP contribution in [0, 0.1) is 6.92 Å². The fourth-order valence-electron chi connectivity index (χ4n) is 2.04. The maximum atomic E-state index is 10.8. The first-order valence-electron chi connectivity index (χ1n) is 5.95. The first-order valence-corrected chi connectivity index (χ1v) is 6.33. The highest BCUT2D eigenvalue weighted by Crippen LogP contribution is 2.28. The monoisotopic (exact) mass is 287 g/mol. The third kappa shape index (κ3) is 2.14. The van der Waals surface area contributed by atoms with Crippen LogP contribution < -0.4 is 0 Å². The quantitative estimate of drug-likeness (QED) is 0.769. The van der Waals surface area contributed by atoms with Crippen molar-refractivity contribution in [1.82, 2.24) is 4.98 Å². The molecule has 0 aliphatic rings. The summed E-state index contributed by atoms with van der Waals surface area (Å²) in [4.78, 5) is 15.2. The van der Waals surface area contributed by atoms with Crippen LogP contribution in [0.3, 0.4) is 0 Å². The van der Waals surface area contributed by atoms with Gasteiger partial charge in [-0.25, -0.2) is 9.78 Å². The minimum atomic E-state index is -0.961. The van der Waals surface area contributed by atoms with E-state index in [-0.39, 0.29) is 5.56 Å². The van der Waals surface area contributed by atoms with E-state index in [1.165, 1.54) is 12.1 Å². The Morgan fingerprint density at radius 1 is 1.25 bits per heavy atom. The van der Waals surface area contributed by atoms with E-state index in [2.05, 4.69) is 4.98 Å². The Bertz CT molecular complexity index is 806. The predicted molar refractivity (Wildman–Crippen MR) is 76.2 cm³/mol. The van der Waals surface area contributed by atoms with Crippen molar-refractivity contribution in [2.24, 2.45) is 0 Å². The largest absolute Gasteiger partial charge is 0.478 e. The van der Waals surface area contributed by atoms with Gasteiger partial charge in [-0.15, -0.1) is 0 Å². The van der Waals surface area contributed by atoms with E-state index in [1.807, 2.05) is 13.0 Å². The average Bonchev–Trinajstić information content (AvgIpc) is 2.83. The number of fused-ring (bicyclic) bond motifs is 1. The van der Waals surface area contributed by atoms with E-state index in [1.54, 1.807) is 18.2 Å². The first-order chi connectivity index (χ1) is 9.54. The number of benzene rings is 2. The molecule has 0 aliphatic carbocycles. The van der Waals surface area contributed by atoms with Crippen LogP contribution in [0.1, 0.15) is 15.9 Å². The number of oxazole rings is 1. The molecule has 1 aromatic heterocycles. The van der Waals surface area contributed by atoms with Crippen molar-refractivity contribution in [3.05, 3.63) is 52.5 Å². The summed E-state index contributed by atoms with van der Waals surface area (Å²) in [6.45, 7) is 1.90. The van der Waals surface area contributed by atoms with Gasteiger partial charge < -0.3 is 9.52 Å². The van der Waals surface area contributed by atoms with E-state index in [0.29, 0.717) is 22.0 Å². The Balaban J connectivity index is 2.10. The van der Waals surface area contributed by atoms with E-state index in [9.17, 15) is 4.79 Å². The molecule has 0 aliphatic heterocycles. The van der Waals surface area contributed by atoms with Gasteiger partial charge in [-0.2, -0.15) is 0 Å². The molecule has 0 unspecified atom stereocenters. The molecule has 2 aromatic carbocycles. The number of aryl methyl sites for hydroxylation is 1. The Hall–Kier alpha value is -2.33. The molecule has 0 radical (unpaired) electrons. The predicted octanol–water partition coefficient (Wildman–Crippen LogP) is 4.15. The van der Waals surface area contributed by atoms with Gasteiger partial charge in [0.05, 0.1) is 5.56 Å². The number of carbonyl (C=O) groups is 1. The smallest absolute Gasteiger partial charge is 0.335 e. The molecule has 1 N–H and O–H groups in total. The zero-order valence-corrected chi connectivity index (χ0v) is 11.3. The molecule has 0 amide bonds. The number of rotatable bonds is 2. The minimum Gasteiger partial charge on any atom is -0.478 e. The number of carboxylic acids is 1. The zero-order chi connectivity index (χ0) is 14.3. The molecule has 0 fully saturated rings. The molecule has 0 atom stereocenters. The van der Waals surface area contributed by atoms with Gasteiger partial charge in [-0.05, 0) is 48.9 Å². The fourth-order valence-corrected chi connectivity index (χ4v) is 2.30. The van der Waals surface area contributed by atoms with Gasteiger partial charge >= 0.3 is 5.97 Å². The molecule has 20 heavy (non-hydrogen) atoms. The summed E-state index contributed by atoms with van der Waals surface area (Å²) < 4.78 is 5.72. The van der Waals surface area contributed by atoms with Crippen LogP contribution in [0.2, 0.25) is 5.02 Å². The molecular weight excluding hydrogens is 278 g/mol. The highest BCUT2D eigenvalue weighted by molar-refractivity contribution is 6.31. The minimum absolute atomic E-state index is 0.226. The molecular formula is C15H10ClNO3. The Kier molecular flexibility index (Phi) is 2.95. The van der Waals surface area contributed by atoms with Crippen LogP contribution in [0.4, 0.5) is 0 Å². The SMILES string of the molecule is Cc1cc(Cl)cc2nc(-c3ccc(C(=O)O)cc3)oc12. The number of nitrogens with zero attached hydrogens (tertiary/aromatic N) is 1. The topological polar surface area (TPSA) is 63.3 Å². The lowest BCUT2D eigenvalue weighted by molar-refractivity contribution is 0.0697. The van der Waals surface area contributed by atoms with E-state index < -0.39 is 5.97 Å². The zero-order valence-electron chi connectivity index (χ0n) is 10.6. The number of carboxylic acid groups (broad SMARTS) is 1. The molecule has 100 valence electrons. The van der Waals surface area contributed by atoms with Crippen LogP contribution in [-0.2, 0) is 0 Å². The van der Waals surface area contributed by atoms with Crippen molar-refractivity contribution in [3.63, 3.8) is 0 Å². The first kappa shape index (κ1) is 12.7. The van der Waals surface area contributed by atoms with Gasteiger partial charge in [0.1, 0.15) is 5.52 Å². The molecule has 4 nitrogen and oxygen atoms in total. The van der Waals surface area contributed by atoms with Crippen molar-refractivity contribution in [3.8, 4) is 11.5 Å². The van der Waals surface area contributed by atoms with Crippen LogP contribution in [0.15, 0.2) is 40.8 Å². The maximum Gasteiger partial charge on any atom is 0.335 e. The second-order valence-electron chi connectivity index (χ2n) is 4.47. The Morgan fingerprint density at radius 3 is 2.60 bits per heavy atom. The summed E-state index contributed by atoms with van der Waals surface area (Å²) in [6, 6.07) is 9.93. The summed E-state index contributed by atoms with van der Waals surface area (Å²) in [5.41, 5.74) is 3.23. The van der Waals surface area contributed by atoms with Gasteiger partial charge in [0.2, 0.25) is 5.89 Å². The third-order valence-electron chi connectivity index (χ3n) is 3.02. The van der Waals surface area contributed by atoms with Crippen molar-refractivity contribution in [2.75, 3.05) is 0 Å². The van der Waals surface area contributed by atoms with Gasteiger partial charge in [-0.1, -0.05) is 11.6 Å². The summed E-state index contributed by atoms with van der Waals surface area (Å²) in [6.07, 6.45) is 0. The number of hydrogen-bond acceptors (Lipinski definition) is 3. The molecule has 0 saturated carbocycles. The number of halogens is 1. The number of aromatic carboxylic acids is 1. The second kappa shape index (κ2) is 4.65. The van der Waals surface area contributed by atoms with Gasteiger partial charge in [0.25, 0.3) is 0 Å². The Morgan fingerprint density at radius 2 is 1.95 bits per heavy atom. The van der Waals surface area contributed by atoms with Gasteiger partial charge in [-0.3, -0.25) is 0 Å². The third-order valence-corrected chi connectivity index (χ3v) is 3.24. The van der Waals surface area contributed by atoms with E-state index in [4.69, 9.17) is 21.1 Å². The lowest BCUT2D eigenvalue weighted by Crippen LogP contribution is -1.94. The highest BCUT2D eigenvalue weighted by Gasteiger charge is 2.11. The fraction of sp³-hybridized carbons (Fsp3) is 0.0667. The molecule has 0 saturated heterocycles. The summed E-state index contributed by atoms with van der Waals surface area (Å²) in [7, 11) is 0. The normalized spacial score (nSPS) is 10.9. The average molecular weight is 288 g/mol. The summed E-state index contributed by atoms with van der Waals surface area (Å²) >= 11 is 5.99. The van der Waals surface area contributed by atoms with Crippen LogP contribution in [-0.4, -0.2) is 16.1 Å². The number of aromatic nitrogens is 1. The Labute approximate surface area is 119 Å². The van der Waals surface area contributed by atoms with Crippen LogP contribution in [0.25, 0.3) is 22.6 Å². The van der Waals surface area contributed by atoms with E-state index >= 15 is 0 Å². The van der Waals surface area contributed by atoms with Crippen LogP contribution >= 0.6 is 11.6 Å². The second-order valence-corrected chi connectivity index (χ2v) is 4.91. The molecule has 3 aromatic rings. The molecule has 0 spiro atoms. The van der Waals surface area contributed by atoms with Gasteiger partial charge in [0.15, 0.2) is 5.58 Å². The van der Waals surface area contributed by atoms with Crippen molar-refractivity contribution >= 4 is 28.7 Å². The van der Waals surface area contributed by atoms with Crippen molar-refractivity contribution < 1.29 is 14.3 Å².